The Morgan fingerprint density at radius 2 is 1.47 bits per heavy atom. The minimum Gasteiger partial charge on any atom is -0.466 e. The second-order valence-corrected chi connectivity index (χ2v) is 8.10. The predicted molar refractivity (Wildman–Crippen MR) is 114 cm³/mol. The highest BCUT2D eigenvalue weighted by Gasteiger charge is 2.67. The molecule has 30 heavy (non-hydrogen) atoms. The number of benzene rings is 3. The molecule has 1 fully saturated rings. The van der Waals surface area contributed by atoms with Gasteiger partial charge in [0, 0.05) is 5.92 Å². The smallest absolute Gasteiger partial charge is 0.315 e. The highest BCUT2D eigenvalue weighted by atomic mass is 16.7. The van der Waals surface area contributed by atoms with Gasteiger partial charge in [-0.15, -0.1) is 0 Å². The lowest BCUT2D eigenvalue weighted by atomic mass is 9.70. The SMILES string of the molecule is CCOC(=O)[C@H]1[C@H](c2ccccc2)C2(O[C@@]1(C)O)c1ccccc1-c1ccccc12. The third kappa shape index (κ3) is 2.51. The Kier molecular flexibility index (Phi) is 4.31. The molecule has 2 aliphatic rings. The first-order chi connectivity index (χ1) is 14.5. The first kappa shape index (κ1) is 19.0. The molecule has 0 amide bonds. The van der Waals surface area contributed by atoms with Crippen LogP contribution in [0.25, 0.3) is 11.1 Å². The lowest BCUT2D eigenvalue weighted by Crippen LogP contribution is -2.39. The summed E-state index contributed by atoms with van der Waals surface area (Å²) in [5.41, 5.74) is 4.00. The molecular formula is C26H24O4. The number of aliphatic hydroxyl groups is 1. The zero-order chi connectivity index (χ0) is 20.9. The fourth-order valence-corrected chi connectivity index (χ4v) is 5.34. The van der Waals surface area contributed by atoms with Crippen LogP contribution in [-0.4, -0.2) is 23.5 Å². The summed E-state index contributed by atoms with van der Waals surface area (Å²) in [7, 11) is 0. The van der Waals surface area contributed by atoms with Gasteiger partial charge >= 0.3 is 5.97 Å². The molecular weight excluding hydrogens is 376 g/mol. The lowest BCUT2D eigenvalue weighted by Gasteiger charge is -2.34. The molecule has 1 aliphatic heterocycles. The Hall–Kier alpha value is -2.95. The van der Waals surface area contributed by atoms with Gasteiger partial charge in [-0.05, 0) is 41.7 Å². The van der Waals surface area contributed by atoms with E-state index in [2.05, 4.69) is 12.1 Å². The van der Waals surface area contributed by atoms with Crippen LogP contribution in [0.5, 0.6) is 0 Å². The standard InChI is InChI=1S/C26H24O4/c1-3-29-24(27)23-22(17-11-5-4-6-12-17)26(30-25(23,2)28)20-15-9-7-13-18(20)19-14-8-10-16-21(19)26/h4-16,22-23,28H,3H2,1-2H3/t22-,23+,25+/m0/s1. The van der Waals surface area contributed by atoms with Crippen molar-refractivity contribution >= 4 is 5.97 Å². The Morgan fingerprint density at radius 3 is 2.03 bits per heavy atom. The van der Waals surface area contributed by atoms with Gasteiger partial charge in [0.1, 0.15) is 11.5 Å². The fourth-order valence-electron chi connectivity index (χ4n) is 5.34. The normalized spacial score (nSPS) is 25.7. The van der Waals surface area contributed by atoms with Gasteiger partial charge in [0.2, 0.25) is 0 Å². The van der Waals surface area contributed by atoms with Crippen LogP contribution < -0.4 is 0 Å². The second kappa shape index (κ2) is 6.79. The van der Waals surface area contributed by atoms with Crippen LogP contribution in [0.4, 0.5) is 0 Å². The summed E-state index contributed by atoms with van der Waals surface area (Å²) in [6, 6.07) is 26.0. The molecule has 3 aromatic carbocycles. The number of carbonyl (C=O) groups is 1. The van der Waals surface area contributed by atoms with Gasteiger partial charge in [0.05, 0.1) is 6.61 Å². The minimum atomic E-state index is -1.70. The molecule has 1 saturated heterocycles. The maximum absolute atomic E-state index is 13.1. The number of rotatable bonds is 3. The number of esters is 1. The van der Waals surface area contributed by atoms with E-state index in [9.17, 15) is 9.90 Å². The molecule has 0 radical (unpaired) electrons. The molecule has 0 aromatic heterocycles. The predicted octanol–water partition coefficient (Wildman–Crippen LogP) is 4.61. The fraction of sp³-hybridized carbons (Fsp3) is 0.269. The Bertz CT molecular complexity index is 1060. The van der Waals surface area contributed by atoms with Crippen molar-refractivity contribution in [1.82, 2.24) is 0 Å². The van der Waals surface area contributed by atoms with E-state index in [1.807, 2.05) is 66.7 Å². The van der Waals surface area contributed by atoms with Crippen molar-refractivity contribution < 1.29 is 19.4 Å². The Morgan fingerprint density at radius 1 is 0.933 bits per heavy atom. The molecule has 1 heterocycles. The summed E-state index contributed by atoms with van der Waals surface area (Å²) in [5, 5.41) is 11.4. The second-order valence-electron chi connectivity index (χ2n) is 8.10. The lowest BCUT2D eigenvalue weighted by molar-refractivity contribution is -0.223. The van der Waals surface area contributed by atoms with E-state index < -0.39 is 29.2 Å². The quantitative estimate of drug-likeness (QED) is 0.652. The van der Waals surface area contributed by atoms with Gasteiger partial charge in [-0.3, -0.25) is 4.79 Å². The average molecular weight is 400 g/mol. The summed E-state index contributed by atoms with van der Waals surface area (Å²) in [5.74, 6) is -3.47. The third-order valence-corrected chi connectivity index (χ3v) is 6.36. The van der Waals surface area contributed by atoms with Crippen molar-refractivity contribution in [3.63, 3.8) is 0 Å². The van der Waals surface area contributed by atoms with Crippen molar-refractivity contribution in [2.45, 2.75) is 31.2 Å². The summed E-state index contributed by atoms with van der Waals surface area (Å²) in [6.07, 6.45) is 0. The van der Waals surface area contributed by atoms with E-state index >= 15 is 0 Å². The Balaban J connectivity index is 1.84. The highest BCUT2D eigenvalue weighted by molar-refractivity contribution is 5.84. The molecule has 3 atom stereocenters. The first-order valence-corrected chi connectivity index (χ1v) is 10.3. The number of carbonyl (C=O) groups excluding carboxylic acids is 1. The van der Waals surface area contributed by atoms with Gasteiger partial charge in [0.25, 0.3) is 0 Å². The van der Waals surface area contributed by atoms with E-state index in [0.29, 0.717) is 0 Å². The van der Waals surface area contributed by atoms with Crippen LogP contribution in [0.15, 0.2) is 78.9 Å². The van der Waals surface area contributed by atoms with Crippen molar-refractivity contribution in [2.24, 2.45) is 5.92 Å². The van der Waals surface area contributed by atoms with Crippen LogP contribution in [0.2, 0.25) is 0 Å². The van der Waals surface area contributed by atoms with Crippen molar-refractivity contribution in [2.75, 3.05) is 6.61 Å². The van der Waals surface area contributed by atoms with Gasteiger partial charge in [-0.2, -0.15) is 0 Å². The van der Waals surface area contributed by atoms with Gasteiger partial charge in [-0.1, -0.05) is 78.9 Å². The molecule has 0 saturated carbocycles. The van der Waals surface area contributed by atoms with Crippen LogP contribution in [0.1, 0.15) is 36.5 Å². The van der Waals surface area contributed by atoms with Gasteiger partial charge in [-0.25, -0.2) is 0 Å². The zero-order valence-corrected chi connectivity index (χ0v) is 17.0. The molecule has 5 rings (SSSR count). The average Bonchev–Trinajstić information content (AvgIpc) is 3.18. The third-order valence-electron chi connectivity index (χ3n) is 6.36. The van der Waals surface area contributed by atoms with E-state index in [-0.39, 0.29) is 6.61 Å². The number of ether oxygens (including phenoxy) is 2. The summed E-state index contributed by atoms with van der Waals surface area (Å²) in [4.78, 5) is 13.1. The van der Waals surface area contributed by atoms with E-state index in [1.165, 1.54) is 0 Å². The molecule has 4 nitrogen and oxygen atoms in total. The monoisotopic (exact) mass is 400 g/mol. The van der Waals surface area contributed by atoms with Gasteiger partial charge < -0.3 is 14.6 Å². The van der Waals surface area contributed by atoms with Crippen LogP contribution >= 0.6 is 0 Å². The summed E-state index contributed by atoms with van der Waals surface area (Å²) < 4.78 is 12.0. The molecule has 1 aliphatic carbocycles. The molecule has 0 unspecified atom stereocenters. The molecule has 1 spiro atoms. The van der Waals surface area contributed by atoms with Gasteiger partial charge in [0.15, 0.2) is 5.79 Å². The molecule has 152 valence electrons. The van der Waals surface area contributed by atoms with Crippen LogP contribution in [0.3, 0.4) is 0 Å². The maximum Gasteiger partial charge on any atom is 0.315 e. The number of fused-ring (bicyclic) bond motifs is 5. The van der Waals surface area contributed by atoms with E-state index in [1.54, 1.807) is 13.8 Å². The molecule has 1 N–H and O–H groups in total. The maximum atomic E-state index is 13.1. The topological polar surface area (TPSA) is 55.8 Å². The Labute approximate surface area is 176 Å². The van der Waals surface area contributed by atoms with E-state index in [4.69, 9.17) is 9.47 Å². The van der Waals surface area contributed by atoms with Crippen LogP contribution in [0, 0.1) is 5.92 Å². The van der Waals surface area contributed by atoms with Crippen molar-refractivity contribution in [3.05, 3.63) is 95.6 Å². The van der Waals surface area contributed by atoms with Crippen LogP contribution in [-0.2, 0) is 19.9 Å². The minimum absolute atomic E-state index is 0.243. The first-order valence-electron chi connectivity index (χ1n) is 10.3. The summed E-state index contributed by atoms with van der Waals surface area (Å²) >= 11 is 0. The number of hydrogen-bond donors (Lipinski definition) is 1. The van der Waals surface area contributed by atoms with Crippen molar-refractivity contribution in [3.8, 4) is 11.1 Å². The number of hydrogen-bond acceptors (Lipinski definition) is 4. The molecule has 4 heteroatoms. The van der Waals surface area contributed by atoms with E-state index in [0.717, 1.165) is 27.8 Å². The largest absolute Gasteiger partial charge is 0.466 e. The highest BCUT2D eigenvalue weighted by Crippen LogP contribution is 2.65. The van der Waals surface area contributed by atoms with Crippen molar-refractivity contribution in [1.29, 1.82) is 0 Å². The molecule has 0 bridgehead atoms. The summed E-state index contributed by atoms with van der Waals surface area (Å²) in [6.45, 7) is 3.59. The zero-order valence-electron chi connectivity index (χ0n) is 17.0. The molecule has 3 aromatic rings.